The first-order valence-corrected chi connectivity index (χ1v) is 6.64. The van der Waals surface area contributed by atoms with Crippen LogP contribution in [0.5, 0.6) is 0 Å². The average molecular weight is 415 g/mol. The Morgan fingerprint density at radius 3 is 2.62 bits per heavy atom. The Labute approximate surface area is 129 Å². The van der Waals surface area contributed by atoms with E-state index in [1.54, 1.807) is 22.6 Å². The highest BCUT2D eigenvalue weighted by Gasteiger charge is 2.37. The van der Waals surface area contributed by atoms with Gasteiger partial charge >= 0.3 is 12.1 Å². The van der Waals surface area contributed by atoms with Crippen molar-refractivity contribution in [1.82, 2.24) is 14.1 Å². The van der Waals surface area contributed by atoms with Gasteiger partial charge in [0.15, 0.2) is 0 Å². The highest BCUT2D eigenvalue weighted by atomic mass is 127. The lowest BCUT2D eigenvalue weighted by atomic mass is 10.4. The molecule has 0 N–H and O–H groups in total. The summed E-state index contributed by atoms with van der Waals surface area (Å²) in [6.45, 7) is -0.326. The topological polar surface area (TPSA) is 66.1 Å². The van der Waals surface area contributed by atoms with Crippen molar-refractivity contribution in [2.24, 2.45) is 7.05 Å². The number of hydrogen-bond donors (Lipinski definition) is 0. The van der Waals surface area contributed by atoms with Crippen LogP contribution in [-0.4, -0.2) is 27.2 Å². The molecule has 2 rings (SSSR count). The van der Waals surface area contributed by atoms with Gasteiger partial charge in [-0.1, -0.05) is 0 Å². The second-order valence-corrected chi connectivity index (χ2v) is 5.34. The summed E-state index contributed by atoms with van der Waals surface area (Å²) in [6, 6.07) is 0. The van der Waals surface area contributed by atoms with Crippen molar-refractivity contribution in [2.75, 3.05) is 7.11 Å². The van der Waals surface area contributed by atoms with Crippen molar-refractivity contribution >= 4 is 39.6 Å². The molecule has 2 heterocycles. The molecule has 0 saturated carbocycles. The van der Waals surface area contributed by atoms with Crippen molar-refractivity contribution in [1.29, 1.82) is 0 Å². The normalized spacial score (nSPS) is 11.9. The van der Waals surface area contributed by atoms with Crippen LogP contribution < -0.4 is 5.56 Å². The van der Waals surface area contributed by atoms with E-state index in [0.29, 0.717) is 8.14 Å². The highest BCUT2D eigenvalue weighted by Crippen LogP contribution is 2.28. The van der Waals surface area contributed by atoms with E-state index in [4.69, 9.17) is 0 Å². The van der Waals surface area contributed by atoms with Gasteiger partial charge in [0, 0.05) is 16.8 Å². The zero-order valence-corrected chi connectivity index (χ0v) is 13.0. The van der Waals surface area contributed by atoms with Crippen LogP contribution in [-0.2, 0) is 29.3 Å². The number of nitrogens with zero attached hydrogens (tertiary/aromatic N) is 3. The summed E-state index contributed by atoms with van der Waals surface area (Å²) in [4.78, 5) is 26.9. The maximum Gasteiger partial charge on any atom is 0.449 e. The number of hydrogen-bond acceptors (Lipinski definition) is 4. The third-order valence-corrected chi connectivity index (χ3v) is 3.65. The van der Waals surface area contributed by atoms with Crippen LogP contribution in [0.3, 0.4) is 0 Å². The van der Waals surface area contributed by atoms with Gasteiger partial charge in [-0.2, -0.15) is 13.2 Å². The SMILES string of the molecule is COC(=O)Cn1cc(I)c2c(=O)n(C)c(C(F)(F)F)nc21. The molecule has 0 aromatic carbocycles. The first-order chi connectivity index (χ1) is 9.66. The molecule has 21 heavy (non-hydrogen) atoms. The molecule has 2 aromatic heterocycles. The molecule has 0 radical (unpaired) electrons. The van der Waals surface area contributed by atoms with Crippen LogP contribution in [0.2, 0.25) is 0 Å². The Hall–Kier alpha value is -1.59. The second-order valence-electron chi connectivity index (χ2n) is 4.18. The summed E-state index contributed by atoms with van der Waals surface area (Å²) in [5, 5.41) is 0.0370. The predicted octanol–water partition coefficient (Wildman–Crippen LogP) is 1.53. The molecule has 0 saturated heterocycles. The molecule has 10 heteroatoms. The van der Waals surface area contributed by atoms with Gasteiger partial charge in [0.2, 0.25) is 5.82 Å². The van der Waals surface area contributed by atoms with Gasteiger partial charge in [0.25, 0.3) is 5.56 Å². The standard InChI is InChI=1S/C11H9F3IN3O3/c1-17-9(20)7-5(15)3-18(4-6(19)21-2)8(7)16-10(17)11(12,13)14/h3H,4H2,1-2H3. The number of carbonyl (C=O) groups excluding carboxylic acids is 1. The first kappa shape index (κ1) is 15.8. The fourth-order valence-electron chi connectivity index (χ4n) is 1.85. The minimum atomic E-state index is -4.77. The molecule has 0 atom stereocenters. The van der Waals surface area contributed by atoms with Crippen molar-refractivity contribution in [3.8, 4) is 0 Å². The number of halogens is 4. The van der Waals surface area contributed by atoms with E-state index in [1.807, 2.05) is 0 Å². The Morgan fingerprint density at radius 2 is 2.10 bits per heavy atom. The molecule has 6 nitrogen and oxygen atoms in total. The molecule has 0 bridgehead atoms. The van der Waals surface area contributed by atoms with Gasteiger partial charge < -0.3 is 9.30 Å². The Morgan fingerprint density at radius 1 is 1.48 bits per heavy atom. The van der Waals surface area contributed by atoms with Crippen LogP contribution in [0.15, 0.2) is 11.0 Å². The molecule has 0 amide bonds. The lowest BCUT2D eigenvalue weighted by molar-refractivity contribution is -0.147. The maximum absolute atomic E-state index is 12.9. The third-order valence-electron chi connectivity index (χ3n) is 2.83. The summed E-state index contributed by atoms with van der Waals surface area (Å²) >= 11 is 1.81. The number of carbonyl (C=O) groups is 1. The molecule has 0 unspecified atom stereocenters. The molecule has 0 aliphatic heterocycles. The van der Waals surface area contributed by atoms with E-state index in [-0.39, 0.29) is 17.6 Å². The van der Waals surface area contributed by atoms with Crippen LogP contribution in [0.25, 0.3) is 11.0 Å². The lowest BCUT2D eigenvalue weighted by Gasteiger charge is -2.11. The average Bonchev–Trinajstić information content (AvgIpc) is 2.68. The largest absolute Gasteiger partial charge is 0.468 e. The lowest BCUT2D eigenvalue weighted by Crippen LogP contribution is -2.28. The van der Waals surface area contributed by atoms with Crippen LogP contribution >= 0.6 is 22.6 Å². The van der Waals surface area contributed by atoms with Crippen LogP contribution in [0.4, 0.5) is 13.2 Å². The highest BCUT2D eigenvalue weighted by molar-refractivity contribution is 14.1. The molecule has 114 valence electrons. The molecule has 0 fully saturated rings. The number of methoxy groups -OCH3 is 1. The molecule has 0 spiro atoms. The van der Waals surface area contributed by atoms with Crippen molar-refractivity contribution in [2.45, 2.75) is 12.7 Å². The molecular weight excluding hydrogens is 406 g/mol. The van der Waals surface area contributed by atoms with Crippen LogP contribution in [0.1, 0.15) is 5.82 Å². The van der Waals surface area contributed by atoms with E-state index in [2.05, 4.69) is 9.72 Å². The predicted molar refractivity (Wildman–Crippen MR) is 74.7 cm³/mol. The summed E-state index contributed by atoms with van der Waals surface area (Å²) < 4.78 is 45.2. The fourth-order valence-corrected chi connectivity index (χ4v) is 2.66. The molecule has 0 aliphatic rings. The Balaban J connectivity index is 2.79. The van der Waals surface area contributed by atoms with Gasteiger partial charge in [-0.05, 0) is 22.6 Å². The smallest absolute Gasteiger partial charge is 0.449 e. The molecular formula is C11H9F3IN3O3. The van der Waals surface area contributed by atoms with E-state index in [1.165, 1.54) is 10.8 Å². The summed E-state index contributed by atoms with van der Waals surface area (Å²) in [6.07, 6.45) is -3.38. The van der Waals surface area contributed by atoms with Gasteiger partial charge in [-0.25, -0.2) is 4.98 Å². The summed E-state index contributed by atoms with van der Waals surface area (Å²) in [5.74, 6) is -1.97. The van der Waals surface area contributed by atoms with Crippen molar-refractivity contribution in [3.05, 3.63) is 25.9 Å². The van der Waals surface area contributed by atoms with E-state index >= 15 is 0 Å². The van der Waals surface area contributed by atoms with E-state index in [0.717, 1.165) is 14.2 Å². The number of esters is 1. The van der Waals surface area contributed by atoms with Gasteiger partial charge in [-0.3, -0.25) is 14.2 Å². The molecule has 2 aromatic rings. The first-order valence-electron chi connectivity index (χ1n) is 5.56. The Bertz CT molecular complexity index is 779. The van der Waals surface area contributed by atoms with Crippen molar-refractivity contribution in [3.63, 3.8) is 0 Å². The number of fused-ring (bicyclic) bond motifs is 1. The number of ether oxygens (including phenoxy) is 1. The zero-order valence-electron chi connectivity index (χ0n) is 10.9. The zero-order chi connectivity index (χ0) is 15.9. The minimum absolute atomic E-state index is 0.0370. The number of aromatic nitrogens is 3. The second kappa shape index (κ2) is 5.31. The summed E-state index contributed by atoms with van der Waals surface area (Å²) in [5.41, 5.74) is -1.01. The van der Waals surface area contributed by atoms with Gasteiger partial charge in [0.05, 0.1) is 12.5 Å². The van der Waals surface area contributed by atoms with Gasteiger partial charge in [-0.15, -0.1) is 0 Å². The van der Waals surface area contributed by atoms with Gasteiger partial charge in [0.1, 0.15) is 12.2 Å². The number of rotatable bonds is 2. The quantitative estimate of drug-likeness (QED) is 0.552. The van der Waals surface area contributed by atoms with E-state index < -0.39 is 23.5 Å². The fraction of sp³-hybridized carbons (Fsp3) is 0.364. The Kier molecular flexibility index (Phi) is 4.00. The summed E-state index contributed by atoms with van der Waals surface area (Å²) in [7, 11) is 2.16. The third kappa shape index (κ3) is 2.76. The van der Waals surface area contributed by atoms with E-state index in [9.17, 15) is 22.8 Å². The van der Waals surface area contributed by atoms with Crippen molar-refractivity contribution < 1.29 is 22.7 Å². The molecule has 0 aliphatic carbocycles. The monoisotopic (exact) mass is 415 g/mol. The maximum atomic E-state index is 12.9. The minimum Gasteiger partial charge on any atom is -0.468 e. The van der Waals surface area contributed by atoms with Crippen LogP contribution in [0, 0.1) is 3.57 Å². The number of alkyl halides is 3.